The van der Waals surface area contributed by atoms with Crippen molar-refractivity contribution in [3.8, 4) is 0 Å². The summed E-state index contributed by atoms with van der Waals surface area (Å²) in [4.78, 5) is 22.2. The number of nitrogens with one attached hydrogen (secondary N) is 2. The Morgan fingerprint density at radius 1 is 1.39 bits per heavy atom. The van der Waals surface area contributed by atoms with Crippen molar-refractivity contribution in [3.05, 3.63) is 41.5 Å². The minimum atomic E-state index is -0.444. The van der Waals surface area contributed by atoms with Crippen LogP contribution in [-0.4, -0.2) is 17.9 Å². The van der Waals surface area contributed by atoms with E-state index in [-0.39, 0.29) is 11.9 Å². The Morgan fingerprint density at radius 3 is 2.83 bits per heavy atom. The molecule has 1 heterocycles. The molecule has 2 amide bonds. The van der Waals surface area contributed by atoms with Crippen molar-refractivity contribution in [3.63, 3.8) is 0 Å². The van der Waals surface area contributed by atoms with Crippen molar-refractivity contribution in [1.82, 2.24) is 10.9 Å². The molecule has 94 valence electrons. The molecule has 0 aliphatic carbocycles. The van der Waals surface area contributed by atoms with Gasteiger partial charge in [-0.1, -0.05) is 30.4 Å². The third-order valence-electron chi connectivity index (χ3n) is 2.81. The molecule has 1 aromatic carbocycles. The summed E-state index contributed by atoms with van der Waals surface area (Å²) in [6.45, 7) is 0. The predicted octanol–water partition coefficient (Wildman–Crippen LogP) is 0.582. The molecule has 4 N–H and O–H groups in total. The summed E-state index contributed by atoms with van der Waals surface area (Å²) >= 11 is 0. The molecule has 1 aliphatic heterocycles. The standard InChI is InChI=1S/C13H15N3O2/c14-13(18)11-4-2-1-3-9(11)5-6-10-7-8-12(17)16-15-10/h1-6,10,15H,7-8H2,(H2,14,18)(H,16,17)/b6-5+. The largest absolute Gasteiger partial charge is 0.366 e. The van der Waals surface area contributed by atoms with Gasteiger partial charge in [0.2, 0.25) is 11.8 Å². The van der Waals surface area contributed by atoms with Crippen molar-refractivity contribution in [2.75, 3.05) is 0 Å². The summed E-state index contributed by atoms with van der Waals surface area (Å²) in [5.74, 6) is -0.447. The Bertz CT molecular complexity index is 487. The number of primary amides is 1. The zero-order chi connectivity index (χ0) is 13.0. The lowest BCUT2D eigenvalue weighted by atomic mass is 10.0. The average Bonchev–Trinajstić information content (AvgIpc) is 2.38. The van der Waals surface area contributed by atoms with Gasteiger partial charge >= 0.3 is 0 Å². The van der Waals surface area contributed by atoms with Gasteiger partial charge in [0.1, 0.15) is 0 Å². The van der Waals surface area contributed by atoms with E-state index >= 15 is 0 Å². The third kappa shape index (κ3) is 2.95. The molecule has 5 nitrogen and oxygen atoms in total. The summed E-state index contributed by atoms with van der Waals surface area (Å²) in [7, 11) is 0. The van der Waals surface area contributed by atoms with E-state index in [4.69, 9.17) is 5.73 Å². The van der Waals surface area contributed by atoms with Crippen LogP contribution >= 0.6 is 0 Å². The van der Waals surface area contributed by atoms with E-state index < -0.39 is 5.91 Å². The Kier molecular flexibility index (Phi) is 3.74. The number of amides is 2. The fourth-order valence-corrected chi connectivity index (χ4v) is 1.83. The highest BCUT2D eigenvalue weighted by atomic mass is 16.2. The highest BCUT2D eigenvalue weighted by molar-refractivity contribution is 5.96. The quantitative estimate of drug-likeness (QED) is 0.728. The van der Waals surface area contributed by atoms with E-state index in [9.17, 15) is 9.59 Å². The minimum Gasteiger partial charge on any atom is -0.366 e. The Morgan fingerprint density at radius 2 is 2.17 bits per heavy atom. The minimum absolute atomic E-state index is 0.00261. The van der Waals surface area contributed by atoms with Crippen molar-refractivity contribution >= 4 is 17.9 Å². The van der Waals surface area contributed by atoms with Crippen molar-refractivity contribution in [2.45, 2.75) is 18.9 Å². The van der Waals surface area contributed by atoms with Gasteiger partial charge in [-0.25, -0.2) is 5.43 Å². The fraction of sp³-hybridized carbons (Fsp3) is 0.231. The van der Waals surface area contributed by atoms with Gasteiger partial charge in [0.25, 0.3) is 0 Å². The second-order valence-corrected chi connectivity index (χ2v) is 4.15. The Hall–Kier alpha value is -2.14. The van der Waals surface area contributed by atoms with Crippen LogP contribution in [-0.2, 0) is 4.79 Å². The molecule has 1 aromatic rings. The first-order valence-electron chi connectivity index (χ1n) is 5.78. The monoisotopic (exact) mass is 245 g/mol. The average molecular weight is 245 g/mol. The van der Waals surface area contributed by atoms with E-state index in [0.29, 0.717) is 12.0 Å². The summed E-state index contributed by atoms with van der Waals surface area (Å²) in [6, 6.07) is 7.22. The zero-order valence-electron chi connectivity index (χ0n) is 9.85. The molecule has 18 heavy (non-hydrogen) atoms. The number of benzene rings is 1. The molecule has 0 radical (unpaired) electrons. The topological polar surface area (TPSA) is 84.2 Å². The van der Waals surface area contributed by atoms with Gasteiger partial charge in [-0.15, -0.1) is 0 Å². The normalized spacial score (nSPS) is 19.8. The highest BCUT2D eigenvalue weighted by Gasteiger charge is 2.14. The van der Waals surface area contributed by atoms with Gasteiger partial charge in [0.15, 0.2) is 0 Å². The maximum absolute atomic E-state index is 11.2. The molecule has 1 atom stereocenters. The van der Waals surface area contributed by atoms with Crippen LogP contribution in [0.3, 0.4) is 0 Å². The molecule has 5 heteroatoms. The van der Waals surface area contributed by atoms with Crippen LogP contribution in [0.15, 0.2) is 30.3 Å². The van der Waals surface area contributed by atoms with Crippen LogP contribution in [0.25, 0.3) is 6.08 Å². The summed E-state index contributed by atoms with van der Waals surface area (Å²) in [6.07, 6.45) is 5.00. The summed E-state index contributed by atoms with van der Waals surface area (Å²) in [5, 5.41) is 0. The molecular formula is C13H15N3O2. The zero-order valence-corrected chi connectivity index (χ0v) is 9.85. The maximum Gasteiger partial charge on any atom is 0.249 e. The van der Waals surface area contributed by atoms with E-state index in [1.165, 1.54) is 0 Å². The first-order valence-corrected chi connectivity index (χ1v) is 5.78. The van der Waals surface area contributed by atoms with Gasteiger partial charge in [0, 0.05) is 18.0 Å². The van der Waals surface area contributed by atoms with Crippen LogP contribution in [0.4, 0.5) is 0 Å². The molecule has 0 spiro atoms. The van der Waals surface area contributed by atoms with Crippen LogP contribution in [0.2, 0.25) is 0 Å². The van der Waals surface area contributed by atoms with E-state index in [2.05, 4.69) is 10.9 Å². The lowest BCUT2D eigenvalue weighted by Gasteiger charge is -2.20. The van der Waals surface area contributed by atoms with E-state index in [0.717, 1.165) is 12.0 Å². The van der Waals surface area contributed by atoms with E-state index in [1.807, 2.05) is 24.3 Å². The Balaban J connectivity index is 2.09. The fourth-order valence-electron chi connectivity index (χ4n) is 1.83. The number of hydrogen-bond donors (Lipinski definition) is 3. The number of nitrogens with two attached hydrogens (primary N) is 1. The molecule has 1 saturated heterocycles. The number of rotatable bonds is 3. The molecule has 0 bridgehead atoms. The van der Waals surface area contributed by atoms with Crippen molar-refractivity contribution < 1.29 is 9.59 Å². The molecule has 1 fully saturated rings. The van der Waals surface area contributed by atoms with Gasteiger partial charge in [-0.05, 0) is 18.1 Å². The van der Waals surface area contributed by atoms with Gasteiger partial charge in [0.05, 0.1) is 0 Å². The number of carbonyl (C=O) groups is 2. The summed E-state index contributed by atoms with van der Waals surface area (Å²) in [5.41, 5.74) is 12.0. The summed E-state index contributed by atoms with van der Waals surface area (Å²) < 4.78 is 0. The molecular weight excluding hydrogens is 230 g/mol. The lowest BCUT2D eigenvalue weighted by Crippen LogP contribution is -2.48. The van der Waals surface area contributed by atoms with Gasteiger partial charge < -0.3 is 5.73 Å². The van der Waals surface area contributed by atoms with Crippen LogP contribution in [0.1, 0.15) is 28.8 Å². The molecule has 1 unspecified atom stereocenters. The third-order valence-corrected chi connectivity index (χ3v) is 2.81. The van der Waals surface area contributed by atoms with Gasteiger partial charge in [-0.3, -0.25) is 15.0 Å². The highest BCUT2D eigenvalue weighted by Crippen LogP contribution is 2.12. The molecule has 2 rings (SSSR count). The van der Waals surface area contributed by atoms with Crippen LogP contribution in [0.5, 0.6) is 0 Å². The number of hydrogen-bond acceptors (Lipinski definition) is 3. The van der Waals surface area contributed by atoms with Crippen LogP contribution < -0.4 is 16.6 Å². The smallest absolute Gasteiger partial charge is 0.249 e. The predicted molar refractivity (Wildman–Crippen MR) is 68.3 cm³/mol. The Labute approximate surface area is 105 Å². The van der Waals surface area contributed by atoms with Crippen molar-refractivity contribution in [2.24, 2.45) is 5.73 Å². The SMILES string of the molecule is NC(=O)c1ccccc1/C=C/C1CCC(=O)NN1. The van der Waals surface area contributed by atoms with E-state index in [1.54, 1.807) is 12.1 Å². The van der Waals surface area contributed by atoms with Crippen molar-refractivity contribution in [1.29, 1.82) is 0 Å². The number of hydrazine groups is 1. The lowest BCUT2D eigenvalue weighted by molar-refractivity contribution is -0.123. The van der Waals surface area contributed by atoms with Gasteiger partial charge in [-0.2, -0.15) is 0 Å². The molecule has 0 aromatic heterocycles. The maximum atomic E-state index is 11.2. The molecule has 0 saturated carbocycles. The number of carbonyl (C=O) groups excluding carboxylic acids is 2. The van der Waals surface area contributed by atoms with Crippen LogP contribution in [0, 0.1) is 0 Å². The second-order valence-electron chi connectivity index (χ2n) is 4.15. The molecule has 1 aliphatic rings. The first kappa shape index (κ1) is 12.3. The second kappa shape index (κ2) is 5.46. The first-order chi connectivity index (χ1) is 8.66.